The zero-order chi connectivity index (χ0) is 13.0. The second kappa shape index (κ2) is 5.63. The zero-order valence-corrected chi connectivity index (χ0v) is 10.2. The first-order valence-electron chi connectivity index (χ1n) is 5.96. The Balaban J connectivity index is 2.11. The van der Waals surface area contributed by atoms with Gasteiger partial charge in [-0.25, -0.2) is 8.78 Å². The highest BCUT2D eigenvalue weighted by Crippen LogP contribution is 2.16. The van der Waals surface area contributed by atoms with Gasteiger partial charge in [0.05, 0.1) is 0 Å². The van der Waals surface area contributed by atoms with Crippen LogP contribution in [0.3, 0.4) is 0 Å². The van der Waals surface area contributed by atoms with Crippen molar-refractivity contribution in [2.75, 3.05) is 5.32 Å². The molecule has 0 atom stereocenters. The minimum Gasteiger partial charge on any atom is -0.381 e. The maximum Gasteiger partial charge on any atom is 0.131 e. The van der Waals surface area contributed by atoms with Crippen molar-refractivity contribution >= 4 is 5.69 Å². The van der Waals surface area contributed by atoms with E-state index in [-0.39, 0.29) is 12.1 Å². The lowest BCUT2D eigenvalue weighted by Gasteiger charge is -2.09. The van der Waals surface area contributed by atoms with Gasteiger partial charge >= 0.3 is 0 Å². The van der Waals surface area contributed by atoms with E-state index in [9.17, 15) is 8.78 Å². The van der Waals surface area contributed by atoms with Crippen LogP contribution < -0.4 is 5.32 Å². The van der Waals surface area contributed by atoms with Crippen LogP contribution in [0.1, 0.15) is 18.1 Å². The first-order valence-corrected chi connectivity index (χ1v) is 5.96. The van der Waals surface area contributed by atoms with Crippen LogP contribution in [-0.2, 0) is 13.0 Å². The highest BCUT2D eigenvalue weighted by atomic mass is 19.1. The molecule has 2 aromatic rings. The standard InChI is InChI=1S/C15H15F2N/c1-2-11-5-3-6-12(9-11)18-10-13-14(16)7-4-8-15(13)17/h3-9,18H,2,10H2,1H3. The summed E-state index contributed by atoms with van der Waals surface area (Å²) in [6, 6.07) is 11.7. The summed E-state index contributed by atoms with van der Waals surface area (Å²) < 4.78 is 26.8. The van der Waals surface area contributed by atoms with E-state index in [0.717, 1.165) is 12.1 Å². The molecule has 0 amide bonds. The Morgan fingerprint density at radius 2 is 1.67 bits per heavy atom. The van der Waals surface area contributed by atoms with Gasteiger partial charge in [-0.3, -0.25) is 0 Å². The summed E-state index contributed by atoms with van der Waals surface area (Å²) in [6.45, 7) is 2.21. The molecule has 0 bridgehead atoms. The van der Waals surface area contributed by atoms with E-state index in [4.69, 9.17) is 0 Å². The lowest BCUT2D eigenvalue weighted by atomic mass is 10.1. The summed E-state index contributed by atoms with van der Waals surface area (Å²) in [4.78, 5) is 0. The first-order chi connectivity index (χ1) is 8.70. The number of halogens is 2. The van der Waals surface area contributed by atoms with Crippen molar-refractivity contribution in [3.63, 3.8) is 0 Å². The van der Waals surface area contributed by atoms with Gasteiger partial charge in [-0.2, -0.15) is 0 Å². The number of aryl methyl sites for hydroxylation is 1. The number of hydrogen-bond donors (Lipinski definition) is 1. The van der Waals surface area contributed by atoms with Crippen LogP contribution in [-0.4, -0.2) is 0 Å². The van der Waals surface area contributed by atoms with E-state index < -0.39 is 11.6 Å². The SMILES string of the molecule is CCc1cccc(NCc2c(F)cccc2F)c1. The average molecular weight is 247 g/mol. The Hall–Kier alpha value is -1.90. The predicted octanol–water partition coefficient (Wildman–Crippen LogP) is 4.14. The minimum absolute atomic E-state index is 0.0689. The van der Waals surface area contributed by atoms with Crippen LogP contribution in [0, 0.1) is 11.6 Å². The number of nitrogens with one attached hydrogen (secondary N) is 1. The molecule has 0 spiro atoms. The molecule has 0 aliphatic carbocycles. The molecule has 2 rings (SSSR count). The van der Waals surface area contributed by atoms with Gasteiger partial charge in [-0.05, 0) is 36.2 Å². The molecule has 1 N–H and O–H groups in total. The first kappa shape index (κ1) is 12.6. The number of rotatable bonds is 4. The summed E-state index contributed by atoms with van der Waals surface area (Å²) in [6.07, 6.45) is 0.934. The Kier molecular flexibility index (Phi) is 3.92. The molecule has 94 valence electrons. The molecule has 0 aliphatic heterocycles. The highest BCUT2D eigenvalue weighted by Gasteiger charge is 2.07. The van der Waals surface area contributed by atoms with Gasteiger partial charge in [0, 0.05) is 17.8 Å². The molecular formula is C15H15F2N. The van der Waals surface area contributed by atoms with E-state index in [2.05, 4.69) is 12.2 Å². The van der Waals surface area contributed by atoms with Gasteiger partial charge in [0.1, 0.15) is 11.6 Å². The molecule has 0 saturated carbocycles. The van der Waals surface area contributed by atoms with Crippen molar-refractivity contribution in [2.45, 2.75) is 19.9 Å². The average Bonchev–Trinajstić information content (AvgIpc) is 2.38. The largest absolute Gasteiger partial charge is 0.381 e. The molecule has 0 fully saturated rings. The van der Waals surface area contributed by atoms with Gasteiger partial charge in [-0.15, -0.1) is 0 Å². The lowest BCUT2D eigenvalue weighted by molar-refractivity contribution is 0.560. The molecule has 0 radical (unpaired) electrons. The predicted molar refractivity (Wildman–Crippen MR) is 69.5 cm³/mol. The van der Waals surface area contributed by atoms with Crippen LogP contribution in [0.15, 0.2) is 42.5 Å². The van der Waals surface area contributed by atoms with Crippen LogP contribution >= 0.6 is 0 Å². The van der Waals surface area contributed by atoms with Crippen molar-refractivity contribution < 1.29 is 8.78 Å². The van der Waals surface area contributed by atoms with Crippen molar-refractivity contribution in [3.8, 4) is 0 Å². The van der Waals surface area contributed by atoms with Gasteiger partial charge < -0.3 is 5.32 Å². The van der Waals surface area contributed by atoms with Gasteiger partial charge in [0.15, 0.2) is 0 Å². The third-order valence-corrected chi connectivity index (χ3v) is 2.87. The smallest absolute Gasteiger partial charge is 0.131 e. The zero-order valence-electron chi connectivity index (χ0n) is 10.2. The topological polar surface area (TPSA) is 12.0 Å². The van der Waals surface area contributed by atoms with Crippen LogP contribution in [0.25, 0.3) is 0 Å². The Morgan fingerprint density at radius 3 is 2.33 bits per heavy atom. The molecule has 2 aromatic carbocycles. The summed E-state index contributed by atoms with van der Waals surface area (Å²) in [5.41, 5.74) is 2.13. The summed E-state index contributed by atoms with van der Waals surface area (Å²) >= 11 is 0. The molecule has 3 heteroatoms. The molecular weight excluding hydrogens is 232 g/mol. The normalized spacial score (nSPS) is 10.4. The minimum atomic E-state index is -0.519. The fourth-order valence-corrected chi connectivity index (χ4v) is 1.79. The van der Waals surface area contributed by atoms with E-state index in [1.165, 1.54) is 23.8 Å². The fraction of sp³-hybridized carbons (Fsp3) is 0.200. The Bertz CT molecular complexity index is 518. The van der Waals surface area contributed by atoms with E-state index in [0.29, 0.717) is 0 Å². The van der Waals surface area contributed by atoms with E-state index in [1.54, 1.807) is 0 Å². The number of hydrogen-bond acceptors (Lipinski definition) is 1. The second-order valence-corrected chi connectivity index (χ2v) is 4.11. The summed E-state index contributed by atoms with van der Waals surface area (Å²) in [7, 11) is 0. The number of benzene rings is 2. The summed E-state index contributed by atoms with van der Waals surface area (Å²) in [5, 5.41) is 3.04. The van der Waals surface area contributed by atoms with Crippen molar-refractivity contribution in [2.24, 2.45) is 0 Å². The highest BCUT2D eigenvalue weighted by molar-refractivity contribution is 5.46. The maximum atomic E-state index is 13.4. The lowest BCUT2D eigenvalue weighted by Crippen LogP contribution is -2.04. The quantitative estimate of drug-likeness (QED) is 0.856. The van der Waals surface area contributed by atoms with Crippen LogP contribution in [0.2, 0.25) is 0 Å². The molecule has 1 nitrogen and oxygen atoms in total. The van der Waals surface area contributed by atoms with Crippen molar-refractivity contribution in [1.82, 2.24) is 0 Å². The molecule has 0 saturated heterocycles. The van der Waals surface area contributed by atoms with Gasteiger partial charge in [0.25, 0.3) is 0 Å². The van der Waals surface area contributed by atoms with Crippen molar-refractivity contribution in [3.05, 3.63) is 65.2 Å². The monoisotopic (exact) mass is 247 g/mol. The molecule has 18 heavy (non-hydrogen) atoms. The van der Waals surface area contributed by atoms with Crippen LogP contribution in [0.4, 0.5) is 14.5 Å². The van der Waals surface area contributed by atoms with Gasteiger partial charge in [-0.1, -0.05) is 25.1 Å². The van der Waals surface area contributed by atoms with Crippen molar-refractivity contribution in [1.29, 1.82) is 0 Å². The molecule has 0 aliphatic rings. The number of anilines is 1. The third kappa shape index (κ3) is 2.86. The van der Waals surface area contributed by atoms with E-state index >= 15 is 0 Å². The van der Waals surface area contributed by atoms with E-state index in [1.807, 2.05) is 24.3 Å². The molecule has 0 heterocycles. The van der Waals surface area contributed by atoms with Crippen LogP contribution in [0.5, 0.6) is 0 Å². The Morgan fingerprint density at radius 1 is 1.00 bits per heavy atom. The maximum absolute atomic E-state index is 13.4. The second-order valence-electron chi connectivity index (χ2n) is 4.11. The van der Waals surface area contributed by atoms with Gasteiger partial charge in [0.2, 0.25) is 0 Å². The fourth-order valence-electron chi connectivity index (χ4n) is 1.79. The summed E-state index contributed by atoms with van der Waals surface area (Å²) in [5.74, 6) is -1.04. The molecule has 0 aromatic heterocycles. The Labute approximate surface area is 105 Å². The molecule has 0 unspecified atom stereocenters. The third-order valence-electron chi connectivity index (χ3n) is 2.87.